The fraction of sp³-hybridized carbons (Fsp3) is 0.750. The maximum Gasteiger partial charge on any atom is 0.303 e. The van der Waals surface area contributed by atoms with Gasteiger partial charge in [-0.2, -0.15) is 0 Å². The van der Waals surface area contributed by atoms with Gasteiger partial charge in [-0.05, 0) is 0 Å². The average molecular weight is 597 g/mol. The average Bonchev–Trinajstić information content (AvgIpc) is 2.83. The van der Waals surface area contributed by atoms with Crippen LogP contribution in [0.4, 0.5) is 4.39 Å². The second-order valence-corrected chi connectivity index (χ2v) is 9.06. The second-order valence-electron chi connectivity index (χ2n) is 9.06. The highest BCUT2D eigenvalue weighted by Crippen LogP contribution is 2.32. The van der Waals surface area contributed by atoms with Gasteiger partial charge in [0.15, 0.2) is 49.3 Å². The smallest absolute Gasteiger partial charge is 0.303 e. The zero-order valence-corrected chi connectivity index (χ0v) is 23.1. The molecule has 0 unspecified atom stereocenters. The molecule has 2 aliphatic heterocycles. The molecule has 0 spiro atoms. The van der Waals surface area contributed by atoms with E-state index in [0.717, 1.165) is 41.5 Å². The Hall–Kier alpha value is -3.41. The van der Waals surface area contributed by atoms with E-state index in [-0.39, 0.29) is 0 Å². The Morgan fingerprint density at radius 1 is 0.585 bits per heavy atom. The number of esters is 6. The van der Waals surface area contributed by atoms with Gasteiger partial charge in [-0.1, -0.05) is 0 Å². The molecule has 16 nitrogen and oxygen atoms in total. The van der Waals surface area contributed by atoms with E-state index in [1.165, 1.54) is 0 Å². The van der Waals surface area contributed by atoms with E-state index in [9.17, 15) is 33.9 Å². The first-order valence-corrected chi connectivity index (χ1v) is 12.3. The maximum atomic E-state index is 15.6. The van der Waals surface area contributed by atoms with Gasteiger partial charge in [0.25, 0.3) is 0 Å². The van der Waals surface area contributed by atoms with Crippen LogP contribution in [0.15, 0.2) is 0 Å². The van der Waals surface area contributed by atoms with E-state index in [4.69, 9.17) is 42.6 Å². The van der Waals surface area contributed by atoms with Gasteiger partial charge in [0.2, 0.25) is 0 Å². The quantitative estimate of drug-likeness (QED) is 0.237. The van der Waals surface area contributed by atoms with Crippen molar-refractivity contribution in [3.8, 4) is 0 Å². The fourth-order valence-corrected chi connectivity index (χ4v) is 4.18. The summed E-state index contributed by atoms with van der Waals surface area (Å²) >= 11 is 0. The number of hydrogen-bond acceptors (Lipinski definition) is 16. The highest BCUT2D eigenvalue weighted by atomic mass is 19.1. The van der Waals surface area contributed by atoms with E-state index >= 15 is 4.39 Å². The second kappa shape index (κ2) is 15.0. The Morgan fingerprint density at radius 2 is 1.02 bits per heavy atom. The third-order valence-electron chi connectivity index (χ3n) is 5.57. The van der Waals surface area contributed by atoms with Crippen LogP contribution in [0.25, 0.3) is 0 Å². The molecule has 1 N–H and O–H groups in total. The Kier molecular flexibility index (Phi) is 12.4. The molecule has 2 fully saturated rings. The van der Waals surface area contributed by atoms with Gasteiger partial charge in [0, 0.05) is 41.5 Å². The lowest BCUT2D eigenvalue weighted by Crippen LogP contribution is -2.63. The molecule has 17 heteroatoms. The summed E-state index contributed by atoms with van der Waals surface area (Å²) in [5.74, 6) is -5.23. The van der Waals surface area contributed by atoms with E-state index < -0.39 is 111 Å². The molecule has 0 aromatic carbocycles. The molecule has 2 aliphatic rings. The Balaban J connectivity index is 2.36. The topological polar surface area (TPSA) is 206 Å². The summed E-state index contributed by atoms with van der Waals surface area (Å²) in [6.07, 6.45) is -16.9. The number of halogens is 1. The summed E-state index contributed by atoms with van der Waals surface area (Å²) in [4.78, 5) is 69.9. The Morgan fingerprint density at radius 3 is 1.54 bits per heavy atom. The molecule has 2 rings (SSSR count). The van der Waals surface area contributed by atoms with Crippen LogP contribution < -0.4 is 0 Å². The molecule has 2 heterocycles. The van der Waals surface area contributed by atoms with Gasteiger partial charge in [0.1, 0.15) is 18.8 Å². The summed E-state index contributed by atoms with van der Waals surface area (Å²) in [6, 6.07) is 0. The third kappa shape index (κ3) is 9.87. The number of rotatable bonds is 10. The maximum absolute atomic E-state index is 15.6. The van der Waals surface area contributed by atoms with Crippen LogP contribution in [0.5, 0.6) is 0 Å². The van der Waals surface area contributed by atoms with Crippen molar-refractivity contribution in [2.75, 3.05) is 13.2 Å². The molecule has 0 aliphatic carbocycles. The highest BCUT2D eigenvalue weighted by Gasteiger charge is 2.54. The molecule has 0 saturated carbocycles. The molecule has 0 bridgehead atoms. The fourth-order valence-electron chi connectivity index (χ4n) is 4.18. The molecular weight excluding hydrogens is 563 g/mol. The van der Waals surface area contributed by atoms with Crippen molar-refractivity contribution in [1.29, 1.82) is 0 Å². The van der Waals surface area contributed by atoms with Crippen LogP contribution in [-0.2, 0) is 71.4 Å². The van der Waals surface area contributed by atoms with Crippen LogP contribution in [0, 0.1) is 0 Å². The summed E-state index contributed by atoms with van der Waals surface area (Å²) in [5, 5.41) is 10.5. The normalized spacial score (nSPS) is 33.1. The zero-order valence-electron chi connectivity index (χ0n) is 23.1. The first-order valence-electron chi connectivity index (χ1n) is 12.3. The van der Waals surface area contributed by atoms with Crippen molar-refractivity contribution >= 4 is 35.8 Å². The van der Waals surface area contributed by atoms with Gasteiger partial charge in [0.05, 0.1) is 6.61 Å². The summed E-state index contributed by atoms with van der Waals surface area (Å²) in [6.45, 7) is 4.88. The van der Waals surface area contributed by atoms with E-state index in [1.54, 1.807) is 0 Å². The predicted molar refractivity (Wildman–Crippen MR) is 125 cm³/mol. The number of aliphatic hydroxyl groups excluding tert-OH is 1. The minimum atomic E-state index is -2.23. The lowest BCUT2D eigenvalue weighted by molar-refractivity contribution is -0.325. The lowest BCUT2D eigenvalue weighted by Gasteiger charge is -2.44. The summed E-state index contributed by atoms with van der Waals surface area (Å²) < 4.78 is 62.6. The Labute approximate surface area is 233 Å². The number of alkyl halides is 1. The van der Waals surface area contributed by atoms with Crippen molar-refractivity contribution in [3.63, 3.8) is 0 Å². The zero-order chi connectivity index (χ0) is 31.0. The first-order chi connectivity index (χ1) is 19.1. The van der Waals surface area contributed by atoms with Crippen molar-refractivity contribution in [2.24, 2.45) is 0 Å². The van der Waals surface area contributed by atoms with E-state index in [0.29, 0.717) is 0 Å². The number of hydrogen-bond donors (Lipinski definition) is 1. The molecule has 2 saturated heterocycles. The minimum Gasteiger partial charge on any atom is -0.463 e. The van der Waals surface area contributed by atoms with Crippen LogP contribution in [0.3, 0.4) is 0 Å². The van der Waals surface area contributed by atoms with Crippen LogP contribution >= 0.6 is 0 Å². The minimum absolute atomic E-state index is 0.576. The summed E-state index contributed by atoms with van der Waals surface area (Å²) in [7, 11) is 0. The molecule has 0 radical (unpaired) electrons. The number of ether oxygens (including phenoxy) is 9. The molecule has 41 heavy (non-hydrogen) atoms. The number of aliphatic hydroxyl groups is 1. The van der Waals surface area contributed by atoms with Crippen molar-refractivity contribution in [1.82, 2.24) is 0 Å². The number of carbonyl (C=O) groups excluding carboxylic acids is 6. The van der Waals surface area contributed by atoms with Crippen LogP contribution in [0.2, 0.25) is 0 Å². The van der Waals surface area contributed by atoms with Gasteiger partial charge in [-0.15, -0.1) is 0 Å². The van der Waals surface area contributed by atoms with Gasteiger partial charge in [-0.3, -0.25) is 28.8 Å². The number of carbonyl (C=O) groups is 6. The molecular formula is C24H33FO16. The van der Waals surface area contributed by atoms with E-state index in [2.05, 4.69) is 0 Å². The predicted octanol–water partition coefficient (Wildman–Crippen LogP) is -0.995. The molecule has 0 aromatic heterocycles. The van der Waals surface area contributed by atoms with Crippen molar-refractivity contribution in [2.45, 2.75) is 103 Å². The van der Waals surface area contributed by atoms with Crippen molar-refractivity contribution < 1.29 is 80.9 Å². The highest BCUT2D eigenvalue weighted by molar-refractivity contribution is 5.69. The van der Waals surface area contributed by atoms with Gasteiger partial charge >= 0.3 is 35.8 Å². The van der Waals surface area contributed by atoms with Gasteiger partial charge in [-0.25, -0.2) is 4.39 Å². The van der Waals surface area contributed by atoms with Crippen LogP contribution in [0.1, 0.15) is 41.5 Å². The molecule has 232 valence electrons. The third-order valence-corrected chi connectivity index (χ3v) is 5.57. The van der Waals surface area contributed by atoms with Crippen LogP contribution in [-0.4, -0.2) is 116 Å². The molecule has 10 atom stereocenters. The SMILES string of the molecule is CC(=O)OC[C@H]1O[C@@H](OC[C@H]2O[C@@H](O)[C@H](OC(C)=O)[C@@H](OC(C)=O)[C@H]2OC(C)=O)[C@H](OC(C)=O)[C@@H](F)[C@H]1OC(C)=O. The van der Waals surface area contributed by atoms with Gasteiger partial charge < -0.3 is 47.7 Å². The lowest BCUT2D eigenvalue weighted by atomic mass is 9.97. The van der Waals surface area contributed by atoms with Crippen molar-refractivity contribution in [3.05, 3.63) is 0 Å². The molecule has 0 amide bonds. The summed E-state index contributed by atoms with van der Waals surface area (Å²) in [5.41, 5.74) is 0. The first kappa shape index (κ1) is 33.8. The Bertz CT molecular complexity index is 985. The standard InChI is InChI=1S/C24H33FO16/c1-9(26)33-7-15-18(35-10(2)27)17(25)20(37-12(4)29)24(41-15)34-8-16-19(36-11(3)28)21(38-13(5)30)22(23(32)40-16)39-14(6)31/h15-24,32H,7-8H2,1-6H3/t15-,16-,17+,18+,19+,20-,21+,22-,23-,24-/m1/s1. The monoisotopic (exact) mass is 596 g/mol. The molecule has 0 aromatic rings. The largest absolute Gasteiger partial charge is 0.463 e. The van der Waals surface area contributed by atoms with E-state index in [1.807, 2.05) is 0 Å².